The monoisotopic (exact) mass is 215 g/mol. The zero-order chi connectivity index (χ0) is 11.6. The van der Waals surface area contributed by atoms with Crippen LogP contribution in [0.1, 0.15) is 18.1 Å². The van der Waals surface area contributed by atoms with Crippen LogP contribution in [0.15, 0.2) is 12.1 Å². The lowest BCUT2D eigenvalue weighted by Crippen LogP contribution is -2.24. The van der Waals surface area contributed by atoms with Crippen molar-refractivity contribution in [3.63, 3.8) is 0 Å². The van der Waals surface area contributed by atoms with E-state index >= 15 is 0 Å². The minimum absolute atomic E-state index is 0.154. The minimum Gasteiger partial charge on any atom is -0.507 e. The van der Waals surface area contributed by atoms with E-state index in [0.717, 1.165) is 5.56 Å². The van der Waals surface area contributed by atoms with Gasteiger partial charge in [0.2, 0.25) is 0 Å². The van der Waals surface area contributed by atoms with E-state index < -0.39 is 12.5 Å². The summed E-state index contributed by atoms with van der Waals surface area (Å²) < 4.78 is 24.6. The maximum Gasteiger partial charge on any atom is 0.258 e. The van der Waals surface area contributed by atoms with E-state index in [4.69, 9.17) is 0 Å². The Morgan fingerprint density at radius 2 is 1.87 bits per heavy atom. The molecule has 84 valence electrons. The van der Waals surface area contributed by atoms with E-state index in [1.54, 1.807) is 26.0 Å². The van der Waals surface area contributed by atoms with Crippen LogP contribution in [0, 0.1) is 13.8 Å². The van der Waals surface area contributed by atoms with E-state index in [1.165, 1.54) is 6.92 Å². The van der Waals surface area contributed by atoms with Gasteiger partial charge in [0.25, 0.3) is 6.43 Å². The van der Waals surface area contributed by atoms with Crippen LogP contribution in [0.3, 0.4) is 0 Å². The highest BCUT2D eigenvalue weighted by atomic mass is 19.3. The maximum atomic E-state index is 12.3. The lowest BCUT2D eigenvalue weighted by Gasteiger charge is -2.17. The van der Waals surface area contributed by atoms with Gasteiger partial charge in [-0.15, -0.1) is 0 Å². The molecular formula is C11H15F2NO. The number of aryl methyl sites for hydroxylation is 1. The predicted molar refractivity (Wildman–Crippen MR) is 56.7 cm³/mol. The van der Waals surface area contributed by atoms with E-state index in [2.05, 4.69) is 5.32 Å². The quantitative estimate of drug-likeness (QED) is 0.812. The molecule has 15 heavy (non-hydrogen) atoms. The van der Waals surface area contributed by atoms with Crippen molar-refractivity contribution in [1.82, 2.24) is 0 Å². The molecule has 2 N–H and O–H groups in total. The molecule has 1 atom stereocenters. The van der Waals surface area contributed by atoms with Gasteiger partial charge in [-0.25, -0.2) is 8.78 Å². The van der Waals surface area contributed by atoms with E-state index in [1.807, 2.05) is 0 Å². The number of anilines is 1. The van der Waals surface area contributed by atoms with Crippen LogP contribution in [0.2, 0.25) is 0 Å². The zero-order valence-corrected chi connectivity index (χ0v) is 9.01. The molecule has 0 bridgehead atoms. The molecule has 0 heterocycles. The fourth-order valence-corrected chi connectivity index (χ4v) is 1.30. The Hall–Kier alpha value is -1.32. The topological polar surface area (TPSA) is 32.3 Å². The molecule has 0 spiro atoms. The molecule has 0 aromatic heterocycles. The van der Waals surface area contributed by atoms with Crippen molar-refractivity contribution in [3.8, 4) is 5.75 Å². The molecule has 1 aromatic carbocycles. The molecule has 0 fully saturated rings. The molecule has 1 unspecified atom stereocenters. The summed E-state index contributed by atoms with van der Waals surface area (Å²) in [6, 6.07) is 2.47. The number of alkyl halides is 2. The number of phenolic OH excluding ortho intramolecular Hbond substituents is 1. The summed E-state index contributed by atoms with van der Waals surface area (Å²) in [5.41, 5.74) is 1.89. The van der Waals surface area contributed by atoms with Gasteiger partial charge in [0.1, 0.15) is 5.75 Å². The lowest BCUT2D eigenvalue weighted by atomic mass is 10.1. The van der Waals surface area contributed by atoms with Gasteiger partial charge in [0.05, 0.1) is 6.04 Å². The van der Waals surface area contributed by atoms with Gasteiger partial charge < -0.3 is 10.4 Å². The van der Waals surface area contributed by atoms with Crippen LogP contribution in [0.5, 0.6) is 5.75 Å². The van der Waals surface area contributed by atoms with Gasteiger partial charge in [0, 0.05) is 11.3 Å². The van der Waals surface area contributed by atoms with E-state index in [0.29, 0.717) is 11.3 Å². The van der Waals surface area contributed by atoms with Crippen LogP contribution in [0.25, 0.3) is 0 Å². The van der Waals surface area contributed by atoms with Crippen molar-refractivity contribution in [2.24, 2.45) is 0 Å². The lowest BCUT2D eigenvalue weighted by molar-refractivity contribution is 0.130. The first-order valence-corrected chi connectivity index (χ1v) is 4.77. The van der Waals surface area contributed by atoms with Crippen molar-refractivity contribution in [2.75, 3.05) is 5.32 Å². The summed E-state index contributed by atoms with van der Waals surface area (Å²) in [6.45, 7) is 4.87. The van der Waals surface area contributed by atoms with Crippen molar-refractivity contribution >= 4 is 5.69 Å². The van der Waals surface area contributed by atoms with Crippen molar-refractivity contribution in [1.29, 1.82) is 0 Å². The average Bonchev–Trinajstić information content (AvgIpc) is 2.18. The molecule has 2 nitrogen and oxygen atoms in total. The number of halogens is 2. The number of benzene rings is 1. The Balaban J connectivity index is 2.92. The molecule has 0 aliphatic heterocycles. The van der Waals surface area contributed by atoms with Crippen LogP contribution in [-0.2, 0) is 0 Å². The maximum absolute atomic E-state index is 12.3. The molecule has 1 aromatic rings. The summed E-state index contributed by atoms with van der Waals surface area (Å²) in [6.07, 6.45) is -2.42. The first kappa shape index (κ1) is 11.8. The third-order valence-electron chi connectivity index (χ3n) is 2.39. The highest BCUT2D eigenvalue weighted by Crippen LogP contribution is 2.28. The Kier molecular flexibility index (Phi) is 3.50. The van der Waals surface area contributed by atoms with Crippen LogP contribution >= 0.6 is 0 Å². The SMILES string of the molecule is Cc1ccc(NC(C)C(F)F)c(C)c1O. The van der Waals surface area contributed by atoms with Crippen LogP contribution in [0.4, 0.5) is 14.5 Å². The van der Waals surface area contributed by atoms with Gasteiger partial charge in [-0.2, -0.15) is 0 Å². The Labute approximate surface area is 87.9 Å². The molecule has 0 saturated heterocycles. The highest BCUT2D eigenvalue weighted by Gasteiger charge is 2.15. The number of hydrogen-bond donors (Lipinski definition) is 2. The summed E-state index contributed by atoms with van der Waals surface area (Å²) in [4.78, 5) is 0. The first-order valence-electron chi connectivity index (χ1n) is 4.77. The summed E-state index contributed by atoms with van der Waals surface area (Å²) in [5.74, 6) is 0.154. The van der Waals surface area contributed by atoms with Crippen LogP contribution < -0.4 is 5.32 Å². The number of phenols is 1. The third kappa shape index (κ3) is 2.58. The summed E-state index contributed by atoms with van der Waals surface area (Å²) >= 11 is 0. The molecule has 4 heteroatoms. The second-order valence-corrected chi connectivity index (χ2v) is 3.67. The smallest absolute Gasteiger partial charge is 0.258 e. The van der Waals surface area contributed by atoms with Gasteiger partial charge in [0.15, 0.2) is 0 Å². The number of aromatic hydroxyl groups is 1. The zero-order valence-electron chi connectivity index (χ0n) is 9.01. The molecule has 0 saturated carbocycles. The molecular weight excluding hydrogens is 200 g/mol. The summed E-state index contributed by atoms with van der Waals surface area (Å²) in [5, 5.41) is 12.3. The van der Waals surface area contributed by atoms with Crippen molar-refractivity contribution in [3.05, 3.63) is 23.3 Å². The van der Waals surface area contributed by atoms with Crippen LogP contribution in [-0.4, -0.2) is 17.6 Å². The van der Waals surface area contributed by atoms with Gasteiger partial charge in [-0.3, -0.25) is 0 Å². The molecule has 0 aliphatic rings. The Morgan fingerprint density at radius 3 is 2.40 bits per heavy atom. The molecule has 1 rings (SSSR count). The molecule has 0 radical (unpaired) electrons. The number of rotatable bonds is 3. The predicted octanol–water partition coefficient (Wildman–Crippen LogP) is 3.07. The van der Waals surface area contributed by atoms with Gasteiger partial charge in [-0.1, -0.05) is 6.07 Å². The van der Waals surface area contributed by atoms with Crippen molar-refractivity contribution in [2.45, 2.75) is 33.2 Å². The minimum atomic E-state index is -2.42. The highest BCUT2D eigenvalue weighted by molar-refractivity contribution is 5.59. The average molecular weight is 215 g/mol. The fraction of sp³-hybridized carbons (Fsp3) is 0.455. The number of hydrogen-bond acceptors (Lipinski definition) is 2. The number of nitrogens with one attached hydrogen (secondary N) is 1. The second-order valence-electron chi connectivity index (χ2n) is 3.67. The van der Waals surface area contributed by atoms with Crippen molar-refractivity contribution < 1.29 is 13.9 Å². The largest absolute Gasteiger partial charge is 0.507 e. The van der Waals surface area contributed by atoms with E-state index in [9.17, 15) is 13.9 Å². The first-order chi connectivity index (χ1) is 6.93. The third-order valence-corrected chi connectivity index (χ3v) is 2.39. The standard InChI is InChI=1S/C11H15F2NO/c1-6-4-5-9(7(2)10(6)15)14-8(3)11(12)13/h4-5,8,11,14-15H,1-3H3. The van der Waals surface area contributed by atoms with Gasteiger partial charge in [-0.05, 0) is 32.4 Å². The molecule has 0 amide bonds. The fourth-order valence-electron chi connectivity index (χ4n) is 1.30. The summed E-state index contributed by atoms with van der Waals surface area (Å²) in [7, 11) is 0. The van der Waals surface area contributed by atoms with Gasteiger partial charge >= 0.3 is 0 Å². The second kappa shape index (κ2) is 4.47. The Bertz CT molecular complexity index is 353. The molecule has 0 aliphatic carbocycles. The Morgan fingerprint density at radius 1 is 1.27 bits per heavy atom. The van der Waals surface area contributed by atoms with E-state index in [-0.39, 0.29) is 5.75 Å². The normalized spacial score (nSPS) is 12.9.